The van der Waals surface area contributed by atoms with E-state index in [2.05, 4.69) is 18.3 Å². The highest BCUT2D eigenvalue weighted by atomic mass is 16.4. The maximum atomic E-state index is 10.7. The molecular weight excluding hydrogens is 230 g/mol. The van der Waals surface area contributed by atoms with E-state index in [1.54, 1.807) is 0 Å². The van der Waals surface area contributed by atoms with Gasteiger partial charge in [0, 0.05) is 5.69 Å². The van der Waals surface area contributed by atoms with Crippen molar-refractivity contribution in [1.82, 2.24) is 0 Å². The lowest BCUT2D eigenvalue weighted by molar-refractivity contribution is 0.0696. The van der Waals surface area contributed by atoms with Gasteiger partial charge in [0.05, 0.1) is 12.1 Å². The van der Waals surface area contributed by atoms with Crippen LogP contribution < -0.4 is 5.32 Å². The SMILES string of the molecule is Cc1cccc(NCc2cc(C(=O)O)co2)c1C. The molecular formula is C14H15NO3. The van der Waals surface area contributed by atoms with Crippen LogP contribution >= 0.6 is 0 Å². The number of benzene rings is 1. The van der Waals surface area contributed by atoms with Crippen LogP contribution in [0.2, 0.25) is 0 Å². The second-order valence-electron chi connectivity index (χ2n) is 4.21. The van der Waals surface area contributed by atoms with Crippen LogP contribution in [0.1, 0.15) is 27.2 Å². The number of hydrogen-bond donors (Lipinski definition) is 2. The smallest absolute Gasteiger partial charge is 0.338 e. The fourth-order valence-corrected chi connectivity index (χ4v) is 1.71. The Kier molecular flexibility index (Phi) is 3.37. The lowest BCUT2D eigenvalue weighted by atomic mass is 10.1. The van der Waals surface area contributed by atoms with Gasteiger partial charge in [0.15, 0.2) is 0 Å². The molecule has 0 fully saturated rings. The van der Waals surface area contributed by atoms with E-state index in [9.17, 15) is 4.79 Å². The third-order valence-electron chi connectivity index (χ3n) is 2.96. The summed E-state index contributed by atoms with van der Waals surface area (Å²) in [5.74, 6) is -0.370. The van der Waals surface area contributed by atoms with Gasteiger partial charge in [-0.1, -0.05) is 12.1 Å². The molecule has 0 aliphatic rings. The molecule has 0 unspecified atom stereocenters. The second-order valence-corrected chi connectivity index (χ2v) is 4.21. The Labute approximate surface area is 105 Å². The van der Waals surface area contributed by atoms with Gasteiger partial charge in [0.25, 0.3) is 0 Å². The minimum Gasteiger partial charge on any atom is -0.478 e. The van der Waals surface area contributed by atoms with Crippen molar-refractivity contribution in [3.63, 3.8) is 0 Å². The fraction of sp³-hybridized carbons (Fsp3) is 0.214. The molecule has 2 N–H and O–H groups in total. The third kappa shape index (κ3) is 2.53. The zero-order valence-corrected chi connectivity index (χ0v) is 10.4. The molecule has 0 radical (unpaired) electrons. The van der Waals surface area contributed by atoms with Crippen LogP contribution in [0, 0.1) is 13.8 Å². The predicted molar refractivity (Wildman–Crippen MR) is 68.9 cm³/mol. The van der Waals surface area contributed by atoms with Crippen molar-refractivity contribution in [2.45, 2.75) is 20.4 Å². The lowest BCUT2D eigenvalue weighted by Crippen LogP contribution is -2.01. The molecule has 18 heavy (non-hydrogen) atoms. The monoisotopic (exact) mass is 245 g/mol. The van der Waals surface area contributed by atoms with Crippen molar-refractivity contribution >= 4 is 11.7 Å². The van der Waals surface area contributed by atoms with Crippen LogP contribution in [0.25, 0.3) is 0 Å². The van der Waals surface area contributed by atoms with Crippen molar-refractivity contribution in [2.75, 3.05) is 5.32 Å². The van der Waals surface area contributed by atoms with Gasteiger partial charge in [-0.15, -0.1) is 0 Å². The molecule has 1 aromatic carbocycles. The molecule has 0 saturated heterocycles. The van der Waals surface area contributed by atoms with Crippen molar-refractivity contribution in [2.24, 2.45) is 0 Å². The Morgan fingerprint density at radius 3 is 2.83 bits per heavy atom. The highest BCUT2D eigenvalue weighted by Gasteiger charge is 2.08. The summed E-state index contributed by atoms with van der Waals surface area (Å²) in [6, 6.07) is 7.55. The average Bonchev–Trinajstić information content (AvgIpc) is 2.80. The van der Waals surface area contributed by atoms with Crippen LogP contribution in [0.4, 0.5) is 5.69 Å². The number of hydrogen-bond acceptors (Lipinski definition) is 3. The molecule has 4 heteroatoms. The highest BCUT2D eigenvalue weighted by Crippen LogP contribution is 2.19. The van der Waals surface area contributed by atoms with E-state index in [1.807, 2.05) is 19.1 Å². The fourth-order valence-electron chi connectivity index (χ4n) is 1.71. The van der Waals surface area contributed by atoms with E-state index in [4.69, 9.17) is 9.52 Å². The molecule has 1 heterocycles. The number of aryl methyl sites for hydroxylation is 1. The molecule has 4 nitrogen and oxygen atoms in total. The van der Waals surface area contributed by atoms with Gasteiger partial charge in [0.2, 0.25) is 0 Å². The number of nitrogens with one attached hydrogen (secondary N) is 1. The van der Waals surface area contributed by atoms with Gasteiger partial charge in [-0.2, -0.15) is 0 Å². The lowest BCUT2D eigenvalue weighted by Gasteiger charge is -2.09. The second kappa shape index (κ2) is 4.96. The first-order valence-corrected chi connectivity index (χ1v) is 5.68. The standard InChI is InChI=1S/C14H15NO3/c1-9-4-3-5-13(10(9)2)15-7-12-6-11(8-18-12)14(16)17/h3-6,8,15H,7H2,1-2H3,(H,16,17). The van der Waals surface area contributed by atoms with Crippen molar-refractivity contribution in [3.05, 3.63) is 53.0 Å². The van der Waals surface area contributed by atoms with Crippen molar-refractivity contribution in [1.29, 1.82) is 0 Å². The topological polar surface area (TPSA) is 62.5 Å². The predicted octanol–water partition coefficient (Wildman–Crippen LogP) is 3.21. The maximum absolute atomic E-state index is 10.7. The Bertz CT molecular complexity index is 572. The van der Waals surface area contributed by atoms with Crippen LogP contribution in [0.5, 0.6) is 0 Å². The number of anilines is 1. The number of aromatic carboxylic acids is 1. The first-order valence-electron chi connectivity index (χ1n) is 5.68. The van der Waals surface area contributed by atoms with Gasteiger partial charge in [0.1, 0.15) is 12.0 Å². The summed E-state index contributed by atoms with van der Waals surface area (Å²) in [5, 5.41) is 12.0. The molecule has 0 spiro atoms. The van der Waals surface area contributed by atoms with Crippen LogP contribution in [-0.4, -0.2) is 11.1 Å². The molecule has 0 aliphatic carbocycles. The molecule has 0 atom stereocenters. The summed E-state index contributed by atoms with van der Waals surface area (Å²) in [4.78, 5) is 10.7. The normalized spacial score (nSPS) is 10.3. The molecule has 2 aromatic rings. The molecule has 0 bridgehead atoms. The van der Waals surface area contributed by atoms with Gasteiger partial charge in [-0.3, -0.25) is 0 Å². The van der Waals surface area contributed by atoms with E-state index in [0.717, 1.165) is 5.69 Å². The van der Waals surface area contributed by atoms with Crippen LogP contribution in [0.3, 0.4) is 0 Å². The quantitative estimate of drug-likeness (QED) is 0.868. The maximum Gasteiger partial charge on any atom is 0.338 e. The number of rotatable bonds is 4. The third-order valence-corrected chi connectivity index (χ3v) is 2.96. The Balaban J connectivity index is 2.07. The number of furan rings is 1. The van der Waals surface area contributed by atoms with Crippen molar-refractivity contribution in [3.8, 4) is 0 Å². The summed E-state index contributed by atoms with van der Waals surface area (Å²) in [5.41, 5.74) is 3.60. The molecule has 0 saturated carbocycles. The van der Waals surface area contributed by atoms with Gasteiger partial charge >= 0.3 is 5.97 Å². The van der Waals surface area contributed by atoms with E-state index in [1.165, 1.54) is 23.5 Å². The molecule has 0 aliphatic heterocycles. The number of carboxylic acids is 1. The minimum absolute atomic E-state index is 0.174. The number of carbonyl (C=O) groups is 1. The summed E-state index contributed by atoms with van der Waals surface area (Å²) in [6.07, 6.45) is 1.25. The van der Waals surface area contributed by atoms with E-state index < -0.39 is 5.97 Å². The minimum atomic E-state index is -0.975. The van der Waals surface area contributed by atoms with Crippen molar-refractivity contribution < 1.29 is 14.3 Å². The Morgan fingerprint density at radius 1 is 1.39 bits per heavy atom. The van der Waals surface area contributed by atoms with Gasteiger partial charge in [-0.05, 0) is 37.1 Å². The zero-order chi connectivity index (χ0) is 13.1. The van der Waals surface area contributed by atoms with Gasteiger partial charge < -0.3 is 14.8 Å². The summed E-state index contributed by atoms with van der Waals surface area (Å²) < 4.78 is 5.17. The Hall–Kier alpha value is -2.23. The zero-order valence-electron chi connectivity index (χ0n) is 10.4. The summed E-state index contributed by atoms with van der Waals surface area (Å²) in [6.45, 7) is 4.57. The van der Waals surface area contributed by atoms with Crippen LogP contribution in [-0.2, 0) is 6.54 Å². The molecule has 0 amide bonds. The van der Waals surface area contributed by atoms with E-state index in [0.29, 0.717) is 12.3 Å². The average molecular weight is 245 g/mol. The van der Waals surface area contributed by atoms with E-state index in [-0.39, 0.29) is 5.56 Å². The molecule has 2 rings (SSSR count). The first-order chi connectivity index (χ1) is 8.58. The van der Waals surface area contributed by atoms with Gasteiger partial charge in [-0.25, -0.2) is 4.79 Å². The first kappa shape index (κ1) is 12.2. The summed E-state index contributed by atoms with van der Waals surface area (Å²) >= 11 is 0. The largest absolute Gasteiger partial charge is 0.478 e. The number of carboxylic acid groups (broad SMARTS) is 1. The van der Waals surface area contributed by atoms with E-state index >= 15 is 0 Å². The molecule has 94 valence electrons. The molecule has 1 aromatic heterocycles. The summed E-state index contributed by atoms with van der Waals surface area (Å²) in [7, 11) is 0. The van der Waals surface area contributed by atoms with Crippen LogP contribution in [0.15, 0.2) is 34.9 Å². The Morgan fingerprint density at radius 2 is 2.17 bits per heavy atom. The highest BCUT2D eigenvalue weighted by molar-refractivity contribution is 5.87.